The molecule has 0 fully saturated rings. The SMILES string of the molecule is N#C/C(=C\c1ccc(Cc2cccc(F)c2)c(Br)c1)C(=O)Nc1ccccc1. The van der Waals surface area contributed by atoms with Crippen molar-refractivity contribution in [2.24, 2.45) is 0 Å². The second-order valence-corrected chi connectivity index (χ2v) is 7.00. The number of halogens is 2. The Balaban J connectivity index is 1.78. The van der Waals surface area contributed by atoms with Crippen LogP contribution >= 0.6 is 15.9 Å². The summed E-state index contributed by atoms with van der Waals surface area (Å²) in [6, 6.07) is 22.9. The van der Waals surface area contributed by atoms with E-state index in [4.69, 9.17) is 0 Å². The van der Waals surface area contributed by atoms with E-state index in [0.29, 0.717) is 12.1 Å². The van der Waals surface area contributed by atoms with Crippen LogP contribution in [0, 0.1) is 17.1 Å². The summed E-state index contributed by atoms with van der Waals surface area (Å²) in [5, 5.41) is 12.1. The van der Waals surface area contributed by atoms with Crippen LogP contribution in [-0.2, 0) is 11.2 Å². The summed E-state index contributed by atoms with van der Waals surface area (Å²) >= 11 is 3.52. The number of hydrogen-bond acceptors (Lipinski definition) is 2. The van der Waals surface area contributed by atoms with E-state index in [1.54, 1.807) is 30.3 Å². The molecule has 0 aliphatic heterocycles. The maximum Gasteiger partial charge on any atom is 0.266 e. The summed E-state index contributed by atoms with van der Waals surface area (Å²) in [6.45, 7) is 0. The molecule has 0 aromatic heterocycles. The lowest BCUT2D eigenvalue weighted by atomic mass is 10.0. The molecule has 0 bridgehead atoms. The van der Waals surface area contributed by atoms with Gasteiger partial charge in [0.1, 0.15) is 17.5 Å². The molecule has 3 nitrogen and oxygen atoms in total. The van der Waals surface area contributed by atoms with Crippen molar-refractivity contribution in [3.63, 3.8) is 0 Å². The van der Waals surface area contributed by atoms with Crippen molar-refractivity contribution >= 4 is 33.6 Å². The van der Waals surface area contributed by atoms with Gasteiger partial charge in [-0.25, -0.2) is 4.39 Å². The van der Waals surface area contributed by atoms with Crippen molar-refractivity contribution in [2.45, 2.75) is 6.42 Å². The van der Waals surface area contributed by atoms with E-state index in [0.717, 1.165) is 21.2 Å². The number of hydrogen-bond donors (Lipinski definition) is 1. The Kier molecular flexibility index (Phi) is 6.36. The van der Waals surface area contributed by atoms with E-state index in [1.807, 2.05) is 36.4 Å². The van der Waals surface area contributed by atoms with Crippen molar-refractivity contribution in [1.29, 1.82) is 5.26 Å². The van der Waals surface area contributed by atoms with Gasteiger partial charge in [-0.05, 0) is 59.5 Å². The van der Waals surface area contributed by atoms with Crippen LogP contribution in [0.3, 0.4) is 0 Å². The monoisotopic (exact) mass is 434 g/mol. The number of benzene rings is 3. The molecule has 0 saturated carbocycles. The lowest BCUT2D eigenvalue weighted by molar-refractivity contribution is -0.112. The predicted octanol–water partition coefficient (Wildman–Crippen LogP) is 5.72. The number of carbonyl (C=O) groups excluding carboxylic acids is 1. The molecular formula is C23H16BrFN2O. The van der Waals surface area contributed by atoms with E-state index in [-0.39, 0.29) is 11.4 Å². The number of para-hydroxylation sites is 1. The van der Waals surface area contributed by atoms with E-state index in [2.05, 4.69) is 21.2 Å². The van der Waals surface area contributed by atoms with Gasteiger partial charge in [0, 0.05) is 10.2 Å². The molecule has 0 aliphatic rings. The fourth-order valence-electron chi connectivity index (χ4n) is 2.70. The molecule has 1 N–H and O–H groups in total. The molecule has 1 amide bonds. The van der Waals surface area contributed by atoms with Gasteiger partial charge in [-0.3, -0.25) is 4.79 Å². The van der Waals surface area contributed by atoms with E-state index in [1.165, 1.54) is 18.2 Å². The van der Waals surface area contributed by atoms with Gasteiger partial charge >= 0.3 is 0 Å². The van der Waals surface area contributed by atoms with Gasteiger partial charge < -0.3 is 5.32 Å². The number of amides is 1. The summed E-state index contributed by atoms with van der Waals surface area (Å²) in [5.74, 6) is -0.732. The predicted molar refractivity (Wildman–Crippen MR) is 112 cm³/mol. The van der Waals surface area contributed by atoms with Crippen LogP contribution in [-0.4, -0.2) is 5.91 Å². The van der Waals surface area contributed by atoms with Gasteiger partial charge in [-0.15, -0.1) is 0 Å². The van der Waals surface area contributed by atoms with Crippen molar-refractivity contribution in [2.75, 3.05) is 5.32 Å². The molecule has 0 heterocycles. The number of carbonyl (C=O) groups is 1. The molecule has 0 atom stereocenters. The Hall–Kier alpha value is -3.23. The summed E-state index contributed by atoms with van der Waals surface area (Å²) in [5.41, 5.74) is 3.20. The summed E-state index contributed by atoms with van der Waals surface area (Å²) in [7, 11) is 0. The molecular weight excluding hydrogens is 419 g/mol. The first kappa shape index (κ1) is 19.5. The Labute approximate surface area is 171 Å². The number of nitrogens with one attached hydrogen (secondary N) is 1. The highest BCUT2D eigenvalue weighted by molar-refractivity contribution is 9.10. The van der Waals surface area contributed by atoms with Gasteiger partial charge in [0.25, 0.3) is 5.91 Å². The Morgan fingerprint density at radius 3 is 2.54 bits per heavy atom. The minimum Gasteiger partial charge on any atom is -0.321 e. The zero-order chi connectivity index (χ0) is 19.9. The minimum atomic E-state index is -0.464. The summed E-state index contributed by atoms with van der Waals surface area (Å²) in [6.07, 6.45) is 2.11. The fourth-order valence-corrected chi connectivity index (χ4v) is 3.24. The van der Waals surface area contributed by atoms with Crippen molar-refractivity contribution in [1.82, 2.24) is 0 Å². The molecule has 0 radical (unpaired) electrons. The van der Waals surface area contributed by atoms with Crippen molar-refractivity contribution in [3.05, 3.63) is 105 Å². The molecule has 0 saturated heterocycles. The first-order valence-corrected chi connectivity index (χ1v) is 9.35. The number of anilines is 1. The molecule has 0 aliphatic carbocycles. The summed E-state index contributed by atoms with van der Waals surface area (Å²) < 4.78 is 14.2. The maximum absolute atomic E-state index is 13.4. The average molecular weight is 435 g/mol. The van der Waals surface area contributed by atoms with Gasteiger partial charge in [0.2, 0.25) is 0 Å². The molecule has 5 heteroatoms. The Bertz CT molecular complexity index is 1070. The van der Waals surface area contributed by atoms with Crippen LogP contribution in [0.1, 0.15) is 16.7 Å². The fraction of sp³-hybridized carbons (Fsp3) is 0.0435. The van der Waals surface area contributed by atoms with Crippen molar-refractivity contribution < 1.29 is 9.18 Å². The topological polar surface area (TPSA) is 52.9 Å². The lowest BCUT2D eigenvalue weighted by Gasteiger charge is -2.07. The second-order valence-electron chi connectivity index (χ2n) is 6.15. The molecule has 0 unspecified atom stereocenters. The maximum atomic E-state index is 13.4. The van der Waals surface area contributed by atoms with E-state index in [9.17, 15) is 14.4 Å². The van der Waals surface area contributed by atoms with E-state index >= 15 is 0 Å². The molecule has 28 heavy (non-hydrogen) atoms. The van der Waals surface area contributed by atoms with Gasteiger partial charge in [0.15, 0.2) is 0 Å². The van der Waals surface area contributed by atoms with Gasteiger partial charge in [-0.1, -0.05) is 58.4 Å². The Morgan fingerprint density at radius 1 is 1.07 bits per heavy atom. The molecule has 138 valence electrons. The highest BCUT2D eigenvalue weighted by Crippen LogP contribution is 2.23. The normalized spacial score (nSPS) is 11.0. The van der Waals surface area contributed by atoms with Gasteiger partial charge in [-0.2, -0.15) is 5.26 Å². The van der Waals surface area contributed by atoms with Crippen LogP contribution in [0.15, 0.2) is 82.8 Å². The van der Waals surface area contributed by atoms with Crippen LogP contribution < -0.4 is 5.32 Å². The molecule has 3 rings (SSSR count). The lowest BCUT2D eigenvalue weighted by Crippen LogP contribution is -2.13. The third-order valence-electron chi connectivity index (χ3n) is 4.07. The zero-order valence-corrected chi connectivity index (χ0v) is 16.4. The third kappa shape index (κ3) is 5.15. The van der Waals surface area contributed by atoms with Crippen LogP contribution in [0.25, 0.3) is 6.08 Å². The second kappa shape index (κ2) is 9.12. The molecule has 0 spiro atoms. The summed E-state index contributed by atoms with van der Waals surface area (Å²) in [4.78, 5) is 12.3. The third-order valence-corrected chi connectivity index (χ3v) is 4.81. The molecule has 3 aromatic rings. The van der Waals surface area contributed by atoms with Gasteiger partial charge in [0.05, 0.1) is 0 Å². The molecule has 3 aromatic carbocycles. The van der Waals surface area contributed by atoms with Crippen LogP contribution in [0.4, 0.5) is 10.1 Å². The average Bonchev–Trinajstić information content (AvgIpc) is 2.69. The van der Waals surface area contributed by atoms with Crippen LogP contribution in [0.5, 0.6) is 0 Å². The minimum absolute atomic E-state index is 0.00799. The standard InChI is InChI=1S/C23H16BrFN2O/c24-22-14-17(9-10-18(22)11-16-5-4-6-20(25)13-16)12-19(15-26)23(28)27-21-7-2-1-3-8-21/h1-10,12-14H,11H2,(H,27,28)/b19-12+. The number of nitrogens with zero attached hydrogens (tertiary/aromatic N) is 1. The quantitative estimate of drug-likeness (QED) is 0.412. The Morgan fingerprint density at radius 2 is 1.86 bits per heavy atom. The number of rotatable bonds is 5. The van der Waals surface area contributed by atoms with Crippen molar-refractivity contribution in [3.8, 4) is 6.07 Å². The smallest absolute Gasteiger partial charge is 0.266 e. The first-order valence-electron chi connectivity index (χ1n) is 8.56. The van der Waals surface area contributed by atoms with E-state index < -0.39 is 5.91 Å². The van der Waals surface area contributed by atoms with Crippen LogP contribution in [0.2, 0.25) is 0 Å². The highest BCUT2D eigenvalue weighted by atomic mass is 79.9. The highest BCUT2D eigenvalue weighted by Gasteiger charge is 2.10. The largest absolute Gasteiger partial charge is 0.321 e. The first-order chi connectivity index (χ1) is 13.5. The zero-order valence-electron chi connectivity index (χ0n) is 14.8. The number of nitriles is 1.